The fourth-order valence-corrected chi connectivity index (χ4v) is 4.82. The number of likely N-dealkylation sites (tertiary alicyclic amines) is 1. The number of hydrogen-bond acceptors (Lipinski definition) is 7. The number of rotatable bonds is 10. The Morgan fingerprint density at radius 3 is 2.24 bits per heavy atom. The molecule has 0 N–H and O–H groups in total. The van der Waals surface area contributed by atoms with Crippen LogP contribution in [0.25, 0.3) is 5.65 Å². The summed E-state index contributed by atoms with van der Waals surface area (Å²) in [6.07, 6.45) is 3.12. The minimum absolute atomic E-state index is 0.0443. The van der Waals surface area contributed by atoms with E-state index in [4.69, 9.17) is 9.47 Å². The third-order valence-corrected chi connectivity index (χ3v) is 7.01. The number of nitrogens with zero attached hydrogens (tertiary/aromatic N) is 6. The van der Waals surface area contributed by atoms with E-state index >= 15 is 0 Å². The smallest absolute Gasteiger partial charge is 0.231 e. The van der Waals surface area contributed by atoms with Crippen molar-refractivity contribution < 1.29 is 9.47 Å². The molecule has 0 spiro atoms. The van der Waals surface area contributed by atoms with Gasteiger partial charge in [-0.15, -0.1) is 15.3 Å². The maximum Gasteiger partial charge on any atom is 0.231 e. The minimum atomic E-state index is -0.789. The lowest BCUT2D eigenvalue weighted by Crippen LogP contribution is -2.38. The quantitative estimate of drug-likeness (QED) is 0.279. The van der Waals surface area contributed by atoms with Gasteiger partial charge >= 0.3 is 0 Å². The van der Waals surface area contributed by atoms with Crippen molar-refractivity contribution in [1.29, 1.82) is 5.26 Å². The van der Waals surface area contributed by atoms with Crippen molar-refractivity contribution >= 4 is 5.65 Å². The van der Waals surface area contributed by atoms with Crippen LogP contribution in [0.4, 0.5) is 0 Å². The summed E-state index contributed by atoms with van der Waals surface area (Å²) in [7, 11) is 0. The molecule has 8 nitrogen and oxygen atoms in total. The first-order valence-corrected chi connectivity index (χ1v) is 13.3. The van der Waals surface area contributed by atoms with Crippen LogP contribution in [-0.4, -0.2) is 57.1 Å². The van der Waals surface area contributed by atoms with Crippen molar-refractivity contribution in [2.24, 2.45) is 0 Å². The third kappa shape index (κ3) is 6.01. The predicted octanol–water partition coefficient (Wildman–Crippen LogP) is 4.96. The lowest BCUT2D eigenvalue weighted by Gasteiger charge is -2.34. The summed E-state index contributed by atoms with van der Waals surface area (Å²) in [5.74, 6) is 1.01. The van der Waals surface area contributed by atoms with Crippen LogP contribution >= 0.6 is 0 Å². The van der Waals surface area contributed by atoms with Crippen molar-refractivity contribution in [2.45, 2.75) is 50.7 Å². The Morgan fingerprint density at radius 1 is 0.947 bits per heavy atom. The molecule has 196 valence electrons. The van der Waals surface area contributed by atoms with Crippen molar-refractivity contribution in [3.63, 3.8) is 0 Å². The number of fused-ring (bicyclic) bond motifs is 1. The molecule has 1 fully saturated rings. The zero-order chi connectivity index (χ0) is 26.4. The summed E-state index contributed by atoms with van der Waals surface area (Å²) < 4.78 is 14.2. The van der Waals surface area contributed by atoms with Crippen LogP contribution in [0.1, 0.15) is 56.2 Å². The van der Waals surface area contributed by atoms with Crippen molar-refractivity contribution in [3.05, 3.63) is 89.7 Å². The van der Waals surface area contributed by atoms with E-state index in [1.807, 2.05) is 18.2 Å². The first-order valence-electron chi connectivity index (χ1n) is 13.3. The normalized spacial score (nSPS) is 15.1. The maximum absolute atomic E-state index is 9.45. The van der Waals surface area contributed by atoms with Gasteiger partial charge in [0.05, 0.1) is 18.8 Å². The molecule has 0 amide bonds. The van der Waals surface area contributed by atoms with Gasteiger partial charge in [-0.05, 0) is 50.3 Å². The second-order valence-corrected chi connectivity index (χ2v) is 10.3. The van der Waals surface area contributed by atoms with Crippen molar-refractivity contribution in [1.82, 2.24) is 24.7 Å². The topological polar surface area (TPSA) is 88.6 Å². The number of ether oxygens (including phenoxy) is 2. The highest BCUT2D eigenvalue weighted by molar-refractivity contribution is 5.39. The highest BCUT2D eigenvalue weighted by Gasteiger charge is 2.27. The number of piperidine rings is 1. The third-order valence-electron chi connectivity index (χ3n) is 7.01. The average Bonchev–Trinajstić information content (AvgIpc) is 3.40. The Balaban J connectivity index is 1.10. The molecule has 8 heteroatoms. The van der Waals surface area contributed by atoms with Gasteiger partial charge in [0.2, 0.25) is 5.88 Å². The summed E-state index contributed by atoms with van der Waals surface area (Å²) in [5, 5.41) is 22.2. The SMILES string of the molecule is CC(C)(C#N)c1nnc2ccc(OCCCN3CCC(OC(c4ccccc4)c4ccccc4)CC3)nn12. The molecule has 2 aromatic heterocycles. The molecule has 1 saturated heterocycles. The van der Waals surface area contributed by atoms with Crippen LogP contribution in [-0.2, 0) is 10.2 Å². The molecule has 5 rings (SSSR count). The highest BCUT2D eigenvalue weighted by Crippen LogP contribution is 2.30. The molecule has 4 aromatic rings. The zero-order valence-electron chi connectivity index (χ0n) is 22.0. The highest BCUT2D eigenvalue weighted by atomic mass is 16.5. The van der Waals surface area contributed by atoms with Gasteiger partial charge in [0.25, 0.3) is 0 Å². The van der Waals surface area contributed by atoms with Gasteiger partial charge in [-0.1, -0.05) is 60.7 Å². The van der Waals surface area contributed by atoms with Crippen molar-refractivity contribution in [3.8, 4) is 11.9 Å². The second kappa shape index (κ2) is 11.7. The van der Waals surface area contributed by atoms with Crippen LogP contribution in [0.3, 0.4) is 0 Å². The van der Waals surface area contributed by atoms with Gasteiger partial charge in [-0.25, -0.2) is 0 Å². The molecular formula is C30H34N6O2. The standard InChI is InChI=1S/C30H34N6O2/c1-30(2,22-31)29-33-32-26-14-15-27(34-36(26)29)37-21-9-18-35-19-16-25(17-20-35)38-28(23-10-5-3-6-11-23)24-12-7-4-8-13-24/h3-8,10-15,25,28H,9,16-21H2,1-2H3. The molecule has 0 unspecified atom stereocenters. The van der Waals surface area contributed by atoms with Crippen LogP contribution in [0.5, 0.6) is 5.88 Å². The van der Waals surface area contributed by atoms with E-state index < -0.39 is 5.41 Å². The monoisotopic (exact) mass is 510 g/mol. The van der Waals surface area contributed by atoms with E-state index in [1.165, 1.54) is 11.1 Å². The predicted molar refractivity (Wildman–Crippen MR) is 145 cm³/mol. The fraction of sp³-hybridized carbons (Fsp3) is 0.400. The van der Waals surface area contributed by atoms with Crippen LogP contribution in [0.2, 0.25) is 0 Å². The molecule has 0 saturated carbocycles. The van der Waals surface area contributed by atoms with E-state index in [0.29, 0.717) is 24.0 Å². The lowest BCUT2D eigenvalue weighted by atomic mass is 9.95. The summed E-state index contributed by atoms with van der Waals surface area (Å²) in [4.78, 5) is 2.48. The average molecular weight is 511 g/mol. The van der Waals surface area contributed by atoms with Gasteiger partial charge in [0.15, 0.2) is 11.5 Å². The molecule has 38 heavy (non-hydrogen) atoms. The molecule has 3 heterocycles. The van der Waals surface area contributed by atoms with Crippen LogP contribution in [0, 0.1) is 11.3 Å². The number of benzene rings is 2. The van der Waals surface area contributed by atoms with Gasteiger partial charge in [-0.3, -0.25) is 0 Å². The first kappa shape index (κ1) is 25.8. The van der Waals surface area contributed by atoms with E-state index in [9.17, 15) is 5.26 Å². The van der Waals surface area contributed by atoms with E-state index in [2.05, 4.69) is 74.8 Å². The van der Waals surface area contributed by atoms with Gasteiger partial charge in [0.1, 0.15) is 11.5 Å². The first-order chi connectivity index (χ1) is 18.5. The van der Waals surface area contributed by atoms with Crippen LogP contribution in [0.15, 0.2) is 72.8 Å². The molecular weight excluding hydrogens is 476 g/mol. The molecule has 0 radical (unpaired) electrons. The number of aromatic nitrogens is 4. The fourth-order valence-electron chi connectivity index (χ4n) is 4.82. The summed E-state index contributed by atoms with van der Waals surface area (Å²) in [6.45, 7) is 7.16. The maximum atomic E-state index is 9.45. The van der Waals surface area contributed by atoms with E-state index in [0.717, 1.165) is 38.9 Å². The van der Waals surface area contributed by atoms with Gasteiger partial charge in [-0.2, -0.15) is 9.78 Å². The van der Waals surface area contributed by atoms with Crippen LogP contribution < -0.4 is 4.74 Å². The van der Waals surface area contributed by atoms with Gasteiger partial charge < -0.3 is 14.4 Å². The largest absolute Gasteiger partial charge is 0.477 e. The Bertz CT molecular complexity index is 1320. The lowest BCUT2D eigenvalue weighted by molar-refractivity contribution is -0.0273. The Labute approximate surface area is 223 Å². The summed E-state index contributed by atoms with van der Waals surface area (Å²) in [6, 6.07) is 26.8. The molecule has 1 aliphatic rings. The minimum Gasteiger partial charge on any atom is -0.477 e. The summed E-state index contributed by atoms with van der Waals surface area (Å²) >= 11 is 0. The summed E-state index contributed by atoms with van der Waals surface area (Å²) in [5.41, 5.74) is 2.20. The Morgan fingerprint density at radius 2 is 1.61 bits per heavy atom. The molecule has 0 bridgehead atoms. The Hall–Kier alpha value is -3.80. The van der Waals surface area contributed by atoms with E-state index in [-0.39, 0.29) is 12.2 Å². The molecule has 0 atom stereocenters. The second-order valence-electron chi connectivity index (χ2n) is 10.3. The Kier molecular flexibility index (Phi) is 7.97. The van der Waals surface area contributed by atoms with Gasteiger partial charge in [0, 0.05) is 25.7 Å². The van der Waals surface area contributed by atoms with E-state index in [1.54, 1.807) is 24.4 Å². The number of hydrogen-bond donors (Lipinski definition) is 0. The zero-order valence-corrected chi connectivity index (χ0v) is 22.0. The number of nitriles is 1. The molecule has 0 aliphatic carbocycles. The van der Waals surface area contributed by atoms with Crippen molar-refractivity contribution in [2.75, 3.05) is 26.2 Å². The molecule has 2 aromatic carbocycles. The molecule has 1 aliphatic heterocycles.